The summed E-state index contributed by atoms with van der Waals surface area (Å²) >= 11 is 1.10. The Morgan fingerprint density at radius 2 is 1.98 bits per heavy atom. The number of fused-ring (bicyclic) bond motifs is 1. The molecule has 0 bridgehead atoms. The molecule has 1 unspecified atom stereocenters. The van der Waals surface area contributed by atoms with E-state index < -0.39 is 17.6 Å². The first-order valence-electron chi connectivity index (χ1n) is 13.2. The Labute approximate surface area is 243 Å². The van der Waals surface area contributed by atoms with Crippen molar-refractivity contribution < 1.29 is 28.2 Å². The molecular weight excluding hydrogens is 562 g/mol. The molecule has 1 fully saturated rings. The van der Waals surface area contributed by atoms with Crippen molar-refractivity contribution in [3.8, 4) is 23.2 Å². The number of nitrogens with zero attached hydrogens (tertiary/aromatic N) is 4. The number of imidazole rings is 1. The summed E-state index contributed by atoms with van der Waals surface area (Å²) in [4.78, 5) is 21.5. The van der Waals surface area contributed by atoms with Crippen molar-refractivity contribution in [2.75, 3.05) is 6.61 Å². The number of ether oxygens (including phenoxy) is 2. The van der Waals surface area contributed by atoms with E-state index in [4.69, 9.17) is 14.7 Å². The summed E-state index contributed by atoms with van der Waals surface area (Å²) in [5.74, 6) is -1.08. The molecule has 1 aliphatic rings. The van der Waals surface area contributed by atoms with Gasteiger partial charge >= 0.3 is 5.97 Å². The molecule has 1 N–H and O–H groups in total. The van der Waals surface area contributed by atoms with Crippen LogP contribution in [0.3, 0.4) is 0 Å². The van der Waals surface area contributed by atoms with Gasteiger partial charge in [0.05, 0.1) is 35.5 Å². The first-order valence-corrected chi connectivity index (χ1v) is 14.0. The molecule has 6 rings (SSSR count). The standard InChI is InChI=1S/C31H24F2N4O4S/c1-17-9-20(11-28-36-30-26(13-27(42-30)31(38)39)37(28)15-21-7-8-40-21)24(33)12-22(17)25-3-2-4-29(35-25)41-16-19-6-5-18(14-34)10-23(19)32/h2-6,9-10,12-13,21H,7-8,11,15-16H2,1H3,(H,38,39). The van der Waals surface area contributed by atoms with Crippen molar-refractivity contribution in [2.45, 2.75) is 39.0 Å². The molecule has 0 saturated carbocycles. The molecule has 1 aliphatic heterocycles. The fourth-order valence-electron chi connectivity index (χ4n) is 4.89. The predicted molar refractivity (Wildman–Crippen MR) is 152 cm³/mol. The van der Waals surface area contributed by atoms with E-state index in [9.17, 15) is 14.3 Å². The molecule has 0 amide bonds. The second kappa shape index (κ2) is 11.3. The number of hydrogen-bond donors (Lipinski definition) is 1. The number of pyridine rings is 1. The van der Waals surface area contributed by atoms with Crippen LogP contribution >= 0.6 is 11.3 Å². The highest BCUT2D eigenvalue weighted by molar-refractivity contribution is 7.20. The van der Waals surface area contributed by atoms with Crippen molar-refractivity contribution in [3.05, 3.63) is 99.2 Å². The van der Waals surface area contributed by atoms with Crippen molar-refractivity contribution in [3.63, 3.8) is 0 Å². The highest BCUT2D eigenvalue weighted by atomic mass is 32.1. The van der Waals surface area contributed by atoms with E-state index in [1.54, 1.807) is 30.3 Å². The smallest absolute Gasteiger partial charge is 0.346 e. The van der Waals surface area contributed by atoms with Crippen LogP contribution in [0.2, 0.25) is 0 Å². The number of carbonyl (C=O) groups is 1. The third-order valence-corrected chi connectivity index (χ3v) is 8.22. The Morgan fingerprint density at radius 1 is 1.17 bits per heavy atom. The summed E-state index contributed by atoms with van der Waals surface area (Å²) in [5, 5.41) is 18.3. The van der Waals surface area contributed by atoms with Crippen LogP contribution < -0.4 is 4.74 Å². The molecule has 0 radical (unpaired) electrons. The lowest BCUT2D eigenvalue weighted by Crippen LogP contribution is -2.31. The quantitative estimate of drug-likeness (QED) is 0.217. The van der Waals surface area contributed by atoms with Gasteiger partial charge in [-0.05, 0) is 54.8 Å². The molecule has 8 nitrogen and oxygen atoms in total. The van der Waals surface area contributed by atoms with Gasteiger partial charge < -0.3 is 19.1 Å². The molecule has 3 aromatic heterocycles. The maximum atomic E-state index is 15.5. The summed E-state index contributed by atoms with van der Waals surface area (Å²) < 4.78 is 43.0. The van der Waals surface area contributed by atoms with Crippen molar-refractivity contribution in [1.82, 2.24) is 14.5 Å². The number of aromatic nitrogens is 3. The summed E-state index contributed by atoms with van der Waals surface area (Å²) in [5.41, 5.74) is 3.55. The summed E-state index contributed by atoms with van der Waals surface area (Å²) in [7, 11) is 0. The largest absolute Gasteiger partial charge is 0.477 e. The molecule has 1 saturated heterocycles. The SMILES string of the molecule is Cc1cc(Cc2nc3sc(C(=O)O)cc3n2CC2CCO2)c(F)cc1-c1cccc(OCc2ccc(C#N)cc2F)n1. The van der Waals surface area contributed by atoms with E-state index >= 15 is 4.39 Å². The lowest BCUT2D eigenvalue weighted by molar-refractivity contribution is -0.0589. The van der Waals surface area contributed by atoms with Gasteiger partial charge in [-0.1, -0.05) is 18.2 Å². The predicted octanol–water partition coefficient (Wildman–Crippen LogP) is 6.28. The minimum atomic E-state index is -1.01. The lowest BCUT2D eigenvalue weighted by atomic mass is 9.99. The van der Waals surface area contributed by atoms with Crippen LogP contribution in [-0.4, -0.2) is 38.3 Å². The minimum Gasteiger partial charge on any atom is -0.477 e. The van der Waals surface area contributed by atoms with Gasteiger partial charge in [-0.25, -0.2) is 23.5 Å². The fourth-order valence-corrected chi connectivity index (χ4v) is 5.78. The number of benzene rings is 2. The molecule has 5 aromatic rings. The lowest BCUT2D eigenvalue weighted by Gasteiger charge is -2.27. The Balaban J connectivity index is 1.24. The number of aryl methyl sites for hydroxylation is 1. The van der Waals surface area contributed by atoms with E-state index in [2.05, 4.69) is 9.97 Å². The number of nitriles is 1. The third kappa shape index (κ3) is 5.46. The van der Waals surface area contributed by atoms with E-state index in [1.807, 2.05) is 17.6 Å². The average Bonchev–Trinajstić information content (AvgIpc) is 3.50. The first-order chi connectivity index (χ1) is 20.3. The van der Waals surface area contributed by atoms with Gasteiger partial charge in [-0.3, -0.25) is 0 Å². The zero-order valence-corrected chi connectivity index (χ0v) is 23.3. The number of halogens is 2. The van der Waals surface area contributed by atoms with Gasteiger partial charge in [0.25, 0.3) is 0 Å². The van der Waals surface area contributed by atoms with E-state index in [1.165, 1.54) is 18.2 Å². The molecular formula is C31H24F2N4O4S. The van der Waals surface area contributed by atoms with Gasteiger partial charge in [0.2, 0.25) is 5.88 Å². The van der Waals surface area contributed by atoms with Crippen LogP contribution in [0.4, 0.5) is 8.78 Å². The van der Waals surface area contributed by atoms with Crippen molar-refractivity contribution in [2.24, 2.45) is 0 Å². The number of carboxylic acids is 1. The highest BCUT2D eigenvalue weighted by Gasteiger charge is 2.24. The second-order valence-electron chi connectivity index (χ2n) is 10.0. The zero-order chi connectivity index (χ0) is 29.4. The number of carboxylic acid groups (broad SMARTS) is 1. The Kier molecular flexibility index (Phi) is 7.41. The zero-order valence-electron chi connectivity index (χ0n) is 22.4. The Bertz CT molecular complexity index is 1870. The van der Waals surface area contributed by atoms with Crippen LogP contribution in [0, 0.1) is 29.9 Å². The van der Waals surface area contributed by atoms with E-state index in [0.29, 0.717) is 46.1 Å². The fraction of sp³-hybridized carbons (Fsp3) is 0.226. The van der Waals surface area contributed by atoms with Gasteiger partial charge in [0.1, 0.15) is 33.8 Å². The van der Waals surface area contributed by atoms with Crippen LogP contribution in [0.1, 0.15) is 44.2 Å². The topological polar surface area (TPSA) is 110 Å². The number of aromatic carboxylic acids is 1. The molecule has 42 heavy (non-hydrogen) atoms. The van der Waals surface area contributed by atoms with Gasteiger partial charge in [0.15, 0.2) is 0 Å². The Morgan fingerprint density at radius 3 is 2.69 bits per heavy atom. The van der Waals surface area contributed by atoms with Crippen molar-refractivity contribution in [1.29, 1.82) is 5.26 Å². The summed E-state index contributed by atoms with van der Waals surface area (Å²) in [6, 6.07) is 16.0. The first kappa shape index (κ1) is 27.5. The minimum absolute atomic E-state index is 0.0114. The molecule has 11 heteroatoms. The monoisotopic (exact) mass is 586 g/mol. The molecule has 0 spiro atoms. The molecule has 1 atom stereocenters. The van der Waals surface area contributed by atoms with Crippen LogP contribution in [-0.2, 0) is 24.3 Å². The average molecular weight is 587 g/mol. The van der Waals surface area contributed by atoms with Crippen LogP contribution in [0.25, 0.3) is 21.6 Å². The van der Waals surface area contributed by atoms with E-state index in [-0.39, 0.29) is 41.0 Å². The molecule has 0 aliphatic carbocycles. The maximum Gasteiger partial charge on any atom is 0.346 e. The maximum absolute atomic E-state index is 15.5. The molecule has 2 aromatic carbocycles. The van der Waals surface area contributed by atoms with Gasteiger partial charge in [-0.2, -0.15) is 5.26 Å². The van der Waals surface area contributed by atoms with Gasteiger partial charge in [-0.15, -0.1) is 11.3 Å². The van der Waals surface area contributed by atoms with Crippen LogP contribution in [0.5, 0.6) is 5.88 Å². The number of rotatable bonds is 9. The summed E-state index contributed by atoms with van der Waals surface area (Å²) in [6.45, 7) is 2.99. The number of thiophene rings is 1. The molecule has 212 valence electrons. The van der Waals surface area contributed by atoms with E-state index in [0.717, 1.165) is 29.4 Å². The number of hydrogen-bond acceptors (Lipinski definition) is 7. The van der Waals surface area contributed by atoms with Crippen LogP contribution in [0.15, 0.2) is 54.6 Å². The summed E-state index contributed by atoms with van der Waals surface area (Å²) in [6.07, 6.45) is 1.13. The van der Waals surface area contributed by atoms with Crippen molar-refractivity contribution >= 4 is 27.7 Å². The molecule has 4 heterocycles. The van der Waals surface area contributed by atoms with Gasteiger partial charge in [0, 0.05) is 30.2 Å². The highest BCUT2D eigenvalue weighted by Crippen LogP contribution is 2.31. The second-order valence-corrected chi connectivity index (χ2v) is 11.1. The Hall–Kier alpha value is -4.66. The normalized spacial score (nSPS) is 14.5. The third-order valence-electron chi connectivity index (χ3n) is 7.22.